The topological polar surface area (TPSA) is 43.8 Å². The second-order valence-corrected chi connectivity index (χ2v) is 5.42. The molecular weight excluding hydrogens is 286 g/mol. The molecule has 0 radical (unpaired) electrons. The molecule has 1 aromatic heterocycles. The zero-order chi connectivity index (χ0) is 13.3. The van der Waals surface area contributed by atoms with E-state index in [9.17, 15) is 0 Å². The van der Waals surface area contributed by atoms with Gasteiger partial charge in [0.05, 0.1) is 16.4 Å². The maximum atomic E-state index is 6.03. The van der Waals surface area contributed by atoms with E-state index in [0.29, 0.717) is 10.0 Å². The number of nitrogens with zero attached hydrogens (tertiary/aromatic N) is 2. The first kappa shape index (κ1) is 13.4. The van der Waals surface area contributed by atoms with Gasteiger partial charge in [-0.05, 0) is 25.3 Å². The molecule has 1 heterocycles. The number of halogens is 1. The lowest BCUT2D eigenvalue weighted by molar-refractivity contribution is 0.857. The van der Waals surface area contributed by atoms with Gasteiger partial charge < -0.3 is 5.73 Å². The smallest absolute Gasteiger partial charge is 0.107 e. The monoisotopic (exact) mass is 297 g/mol. The highest BCUT2D eigenvalue weighted by Crippen LogP contribution is 2.27. The molecule has 0 aliphatic rings. The first-order chi connectivity index (χ1) is 8.54. The second kappa shape index (κ2) is 5.30. The van der Waals surface area contributed by atoms with Gasteiger partial charge in [-0.3, -0.25) is 0 Å². The third kappa shape index (κ3) is 2.39. The van der Waals surface area contributed by atoms with Crippen molar-refractivity contribution in [3.8, 4) is 5.69 Å². The quantitative estimate of drug-likeness (QED) is 0.698. The summed E-state index contributed by atoms with van der Waals surface area (Å²) in [5.41, 5.74) is 8.28. The zero-order valence-corrected chi connectivity index (χ0v) is 12.4. The van der Waals surface area contributed by atoms with Gasteiger partial charge in [0.1, 0.15) is 4.99 Å². The van der Waals surface area contributed by atoms with Crippen LogP contribution in [0.3, 0.4) is 0 Å². The Hall–Kier alpha value is -1.04. The number of aryl methyl sites for hydroxylation is 1. The van der Waals surface area contributed by atoms with E-state index < -0.39 is 0 Å². The fourth-order valence-corrected chi connectivity index (χ4v) is 2.73. The molecule has 2 N–H and O–H groups in total. The second-order valence-electron chi connectivity index (χ2n) is 3.73. The van der Waals surface area contributed by atoms with E-state index in [1.807, 2.05) is 31.4 Å². The average Bonchev–Trinajstić information content (AvgIpc) is 2.68. The van der Waals surface area contributed by atoms with Crippen molar-refractivity contribution in [1.82, 2.24) is 9.78 Å². The van der Waals surface area contributed by atoms with Crippen molar-refractivity contribution < 1.29 is 0 Å². The minimum atomic E-state index is 0.360. The van der Waals surface area contributed by atoms with Gasteiger partial charge in [0.2, 0.25) is 0 Å². The number of rotatable bonds is 3. The molecule has 0 aliphatic carbocycles. The first-order valence-electron chi connectivity index (χ1n) is 5.23. The van der Waals surface area contributed by atoms with Crippen LogP contribution in [0.2, 0.25) is 5.02 Å². The van der Waals surface area contributed by atoms with E-state index in [1.165, 1.54) is 0 Å². The molecule has 6 heteroatoms. The van der Waals surface area contributed by atoms with Crippen LogP contribution < -0.4 is 5.73 Å². The molecule has 2 aromatic rings. The summed E-state index contributed by atoms with van der Waals surface area (Å²) in [4.78, 5) is 1.39. The van der Waals surface area contributed by atoms with Gasteiger partial charge in [0, 0.05) is 16.7 Å². The lowest BCUT2D eigenvalue weighted by Crippen LogP contribution is -2.15. The number of hydrogen-bond donors (Lipinski definition) is 1. The Balaban J connectivity index is 2.67. The highest BCUT2D eigenvalue weighted by atomic mass is 35.5. The Bertz CT molecular complexity index is 588. The Morgan fingerprint density at radius 2 is 2.22 bits per heavy atom. The van der Waals surface area contributed by atoms with Crippen LogP contribution >= 0.6 is 35.6 Å². The predicted molar refractivity (Wildman–Crippen MR) is 81.0 cm³/mol. The largest absolute Gasteiger partial charge is 0.389 e. The van der Waals surface area contributed by atoms with Gasteiger partial charge in [-0.25, -0.2) is 4.68 Å². The lowest BCUT2D eigenvalue weighted by Gasteiger charge is -2.12. The minimum absolute atomic E-state index is 0.360. The third-order valence-electron chi connectivity index (χ3n) is 2.56. The molecule has 0 saturated carbocycles. The van der Waals surface area contributed by atoms with Crippen LogP contribution in [0.4, 0.5) is 0 Å². The Kier molecular flexibility index (Phi) is 3.94. The summed E-state index contributed by atoms with van der Waals surface area (Å²) in [6.45, 7) is 1.86. The standard InChI is InChI=1S/C12H12ClN3S2/c1-7-8(13)6-16(15-7)9-4-3-5-10(18-2)11(9)12(14)17/h3-6H,1-2H3,(H2,14,17). The van der Waals surface area contributed by atoms with Gasteiger partial charge in [0.25, 0.3) is 0 Å². The van der Waals surface area contributed by atoms with Crippen LogP contribution in [0.5, 0.6) is 0 Å². The van der Waals surface area contributed by atoms with Crippen molar-refractivity contribution in [3.63, 3.8) is 0 Å². The molecule has 0 unspecified atom stereocenters. The summed E-state index contributed by atoms with van der Waals surface area (Å²) in [5, 5.41) is 4.98. The van der Waals surface area contributed by atoms with Crippen molar-refractivity contribution in [3.05, 3.63) is 40.7 Å². The highest BCUT2D eigenvalue weighted by molar-refractivity contribution is 7.98. The zero-order valence-electron chi connectivity index (χ0n) is 9.98. The third-order valence-corrected chi connectivity index (χ3v) is 3.91. The van der Waals surface area contributed by atoms with Crippen LogP contribution in [0.1, 0.15) is 11.3 Å². The molecule has 18 heavy (non-hydrogen) atoms. The van der Waals surface area contributed by atoms with Gasteiger partial charge in [0.15, 0.2) is 0 Å². The number of hydrogen-bond acceptors (Lipinski definition) is 3. The van der Waals surface area contributed by atoms with Crippen LogP contribution in [-0.2, 0) is 0 Å². The van der Waals surface area contributed by atoms with Crippen LogP contribution in [-0.4, -0.2) is 21.0 Å². The molecule has 2 rings (SSSR count). The summed E-state index contributed by atoms with van der Waals surface area (Å²) in [7, 11) is 0. The molecule has 0 amide bonds. The van der Waals surface area contributed by atoms with Crippen LogP contribution in [0.25, 0.3) is 5.69 Å². The summed E-state index contributed by atoms with van der Waals surface area (Å²) < 4.78 is 1.71. The maximum Gasteiger partial charge on any atom is 0.107 e. The van der Waals surface area contributed by atoms with Gasteiger partial charge in [-0.1, -0.05) is 29.9 Å². The summed E-state index contributed by atoms with van der Waals surface area (Å²) in [6.07, 6.45) is 3.75. The molecule has 94 valence electrons. The Morgan fingerprint density at radius 1 is 1.50 bits per heavy atom. The fourth-order valence-electron chi connectivity index (χ4n) is 1.69. The number of thioether (sulfide) groups is 1. The number of aromatic nitrogens is 2. The molecule has 0 saturated heterocycles. The van der Waals surface area contributed by atoms with Gasteiger partial charge in [-0.15, -0.1) is 11.8 Å². The maximum absolute atomic E-state index is 6.03. The molecule has 3 nitrogen and oxygen atoms in total. The summed E-state index contributed by atoms with van der Waals surface area (Å²) in [5.74, 6) is 0. The number of nitrogens with two attached hydrogens (primary N) is 1. The predicted octanol–water partition coefficient (Wildman–Crippen LogP) is 3.19. The van der Waals surface area contributed by atoms with Gasteiger partial charge >= 0.3 is 0 Å². The molecule has 0 aliphatic heterocycles. The first-order valence-corrected chi connectivity index (χ1v) is 7.24. The molecule has 0 fully saturated rings. The van der Waals surface area contributed by atoms with E-state index in [1.54, 1.807) is 22.6 Å². The molecule has 0 bridgehead atoms. The summed E-state index contributed by atoms with van der Waals surface area (Å²) in [6, 6.07) is 5.87. The van der Waals surface area contributed by atoms with Crippen LogP contribution in [0.15, 0.2) is 29.3 Å². The van der Waals surface area contributed by atoms with E-state index in [-0.39, 0.29) is 0 Å². The molecule has 0 spiro atoms. The fraction of sp³-hybridized carbons (Fsp3) is 0.167. The van der Waals surface area contributed by atoms with Gasteiger partial charge in [-0.2, -0.15) is 5.10 Å². The summed E-state index contributed by atoms with van der Waals surface area (Å²) >= 11 is 12.8. The highest BCUT2D eigenvalue weighted by Gasteiger charge is 2.14. The van der Waals surface area contributed by atoms with Crippen molar-refractivity contribution in [2.24, 2.45) is 5.73 Å². The molecule has 1 aromatic carbocycles. The number of benzene rings is 1. The van der Waals surface area contributed by atoms with Crippen molar-refractivity contribution >= 4 is 40.6 Å². The van der Waals surface area contributed by atoms with E-state index in [2.05, 4.69) is 5.10 Å². The van der Waals surface area contributed by atoms with Crippen molar-refractivity contribution in [1.29, 1.82) is 0 Å². The lowest BCUT2D eigenvalue weighted by atomic mass is 10.2. The van der Waals surface area contributed by atoms with E-state index in [4.69, 9.17) is 29.6 Å². The Labute approximate surface area is 120 Å². The van der Waals surface area contributed by atoms with Crippen molar-refractivity contribution in [2.45, 2.75) is 11.8 Å². The number of thiocarbonyl (C=S) groups is 1. The minimum Gasteiger partial charge on any atom is -0.389 e. The van der Waals surface area contributed by atoms with E-state index >= 15 is 0 Å². The normalized spacial score (nSPS) is 10.6. The molecular formula is C12H12ClN3S2. The Morgan fingerprint density at radius 3 is 2.72 bits per heavy atom. The SMILES string of the molecule is CSc1cccc(-n2cc(Cl)c(C)n2)c1C(N)=S. The van der Waals surface area contributed by atoms with E-state index in [0.717, 1.165) is 21.8 Å². The van der Waals surface area contributed by atoms with Crippen LogP contribution in [0, 0.1) is 6.92 Å². The molecule has 0 atom stereocenters. The van der Waals surface area contributed by atoms with Crippen molar-refractivity contribution in [2.75, 3.05) is 6.26 Å². The average molecular weight is 298 g/mol.